The summed E-state index contributed by atoms with van der Waals surface area (Å²) in [6.07, 6.45) is 1.98. The Morgan fingerprint density at radius 3 is 2.88 bits per heavy atom. The second kappa shape index (κ2) is 4.66. The fourth-order valence-corrected chi connectivity index (χ4v) is 2.08. The molecular weight excluding hydrogens is 198 g/mol. The molecule has 1 aromatic carbocycles. The fraction of sp³-hybridized carbons (Fsp3) is 0.462. The van der Waals surface area contributed by atoms with Gasteiger partial charge in [0.25, 0.3) is 0 Å². The Labute approximate surface area is 96.3 Å². The van der Waals surface area contributed by atoms with Crippen molar-refractivity contribution in [1.82, 2.24) is 9.55 Å². The molecule has 2 rings (SSSR count). The Bertz CT molecular complexity index is 485. The van der Waals surface area contributed by atoms with E-state index in [0.29, 0.717) is 6.54 Å². The third kappa shape index (κ3) is 1.95. The van der Waals surface area contributed by atoms with Crippen LogP contribution in [0.25, 0.3) is 11.0 Å². The standard InChI is InChI=1S/C13H19N3/c1-3-8-16-12-5-4-10(2)9-11(12)15-13(16)6-7-14/h4-5,9H,3,6-8,14H2,1-2H3. The molecule has 0 fully saturated rings. The van der Waals surface area contributed by atoms with Gasteiger partial charge < -0.3 is 10.3 Å². The van der Waals surface area contributed by atoms with Gasteiger partial charge in [0.1, 0.15) is 5.82 Å². The number of imidazole rings is 1. The second-order valence-corrected chi connectivity index (χ2v) is 4.21. The van der Waals surface area contributed by atoms with Gasteiger partial charge in [-0.3, -0.25) is 0 Å². The van der Waals surface area contributed by atoms with Gasteiger partial charge >= 0.3 is 0 Å². The molecule has 0 radical (unpaired) electrons. The Morgan fingerprint density at radius 1 is 1.38 bits per heavy atom. The monoisotopic (exact) mass is 217 g/mol. The molecule has 86 valence electrons. The predicted octanol–water partition coefficient (Wildman–Crippen LogP) is 2.26. The van der Waals surface area contributed by atoms with Crippen LogP contribution in [0.1, 0.15) is 24.7 Å². The SMILES string of the molecule is CCCn1c(CCN)nc2cc(C)ccc21. The van der Waals surface area contributed by atoms with Crippen molar-refractivity contribution in [3.05, 3.63) is 29.6 Å². The van der Waals surface area contributed by atoms with Crippen LogP contribution in [0, 0.1) is 6.92 Å². The molecule has 0 bridgehead atoms. The third-order valence-electron chi connectivity index (χ3n) is 2.80. The zero-order chi connectivity index (χ0) is 11.5. The first-order valence-electron chi connectivity index (χ1n) is 5.92. The number of nitrogens with zero attached hydrogens (tertiary/aromatic N) is 2. The molecule has 1 heterocycles. The first kappa shape index (κ1) is 11.1. The highest BCUT2D eigenvalue weighted by Gasteiger charge is 2.08. The first-order valence-corrected chi connectivity index (χ1v) is 5.92. The highest BCUT2D eigenvalue weighted by molar-refractivity contribution is 5.76. The van der Waals surface area contributed by atoms with E-state index in [4.69, 9.17) is 5.73 Å². The van der Waals surface area contributed by atoms with Gasteiger partial charge in [-0.15, -0.1) is 0 Å². The molecule has 0 atom stereocenters. The third-order valence-corrected chi connectivity index (χ3v) is 2.80. The molecule has 0 aliphatic heterocycles. The van der Waals surface area contributed by atoms with Crippen LogP contribution >= 0.6 is 0 Å². The minimum Gasteiger partial charge on any atom is -0.330 e. The van der Waals surface area contributed by atoms with Gasteiger partial charge in [-0.2, -0.15) is 0 Å². The Hall–Kier alpha value is -1.35. The Morgan fingerprint density at radius 2 is 2.19 bits per heavy atom. The maximum absolute atomic E-state index is 5.62. The number of hydrogen-bond donors (Lipinski definition) is 1. The summed E-state index contributed by atoms with van der Waals surface area (Å²) in [4.78, 5) is 4.66. The van der Waals surface area contributed by atoms with E-state index >= 15 is 0 Å². The van der Waals surface area contributed by atoms with Crippen LogP contribution in [0.15, 0.2) is 18.2 Å². The van der Waals surface area contributed by atoms with E-state index in [0.717, 1.165) is 30.7 Å². The zero-order valence-corrected chi connectivity index (χ0v) is 10.0. The molecule has 0 saturated carbocycles. The average molecular weight is 217 g/mol. The molecule has 2 aromatic rings. The summed E-state index contributed by atoms with van der Waals surface area (Å²) < 4.78 is 2.29. The van der Waals surface area contributed by atoms with E-state index in [1.54, 1.807) is 0 Å². The summed E-state index contributed by atoms with van der Waals surface area (Å²) in [5.74, 6) is 1.12. The number of hydrogen-bond acceptors (Lipinski definition) is 2. The van der Waals surface area contributed by atoms with Crippen molar-refractivity contribution < 1.29 is 0 Å². The fourth-order valence-electron chi connectivity index (χ4n) is 2.08. The lowest BCUT2D eigenvalue weighted by molar-refractivity contribution is 0.652. The molecule has 3 nitrogen and oxygen atoms in total. The minimum absolute atomic E-state index is 0.659. The van der Waals surface area contributed by atoms with Gasteiger partial charge in [0.05, 0.1) is 11.0 Å². The number of benzene rings is 1. The summed E-state index contributed by atoms with van der Waals surface area (Å²) in [7, 11) is 0. The maximum atomic E-state index is 5.62. The van der Waals surface area contributed by atoms with E-state index in [9.17, 15) is 0 Å². The number of nitrogens with two attached hydrogens (primary N) is 1. The molecule has 0 spiro atoms. The average Bonchev–Trinajstić information content (AvgIpc) is 2.57. The van der Waals surface area contributed by atoms with Crippen molar-refractivity contribution >= 4 is 11.0 Å². The van der Waals surface area contributed by atoms with Gasteiger partial charge in [-0.25, -0.2) is 4.98 Å². The molecular formula is C13H19N3. The molecule has 16 heavy (non-hydrogen) atoms. The maximum Gasteiger partial charge on any atom is 0.111 e. The highest BCUT2D eigenvalue weighted by atomic mass is 15.1. The number of aryl methyl sites for hydroxylation is 2. The van der Waals surface area contributed by atoms with Crippen LogP contribution in [-0.2, 0) is 13.0 Å². The van der Waals surface area contributed by atoms with Crippen molar-refractivity contribution in [2.24, 2.45) is 5.73 Å². The number of aromatic nitrogens is 2. The molecule has 0 unspecified atom stereocenters. The van der Waals surface area contributed by atoms with Crippen LogP contribution in [0.5, 0.6) is 0 Å². The topological polar surface area (TPSA) is 43.8 Å². The molecule has 0 saturated heterocycles. The Balaban J connectivity index is 2.56. The second-order valence-electron chi connectivity index (χ2n) is 4.21. The van der Waals surface area contributed by atoms with Gasteiger partial charge in [0.15, 0.2) is 0 Å². The van der Waals surface area contributed by atoms with Gasteiger partial charge in [-0.1, -0.05) is 13.0 Å². The van der Waals surface area contributed by atoms with Crippen molar-refractivity contribution in [2.45, 2.75) is 33.2 Å². The van der Waals surface area contributed by atoms with E-state index in [1.807, 2.05) is 0 Å². The van der Waals surface area contributed by atoms with Gasteiger partial charge in [0.2, 0.25) is 0 Å². The summed E-state index contributed by atoms with van der Waals surface area (Å²) >= 11 is 0. The molecule has 2 N–H and O–H groups in total. The van der Waals surface area contributed by atoms with Gasteiger partial charge in [0, 0.05) is 13.0 Å². The smallest absolute Gasteiger partial charge is 0.111 e. The van der Waals surface area contributed by atoms with E-state index in [2.05, 4.69) is 41.6 Å². The summed E-state index contributed by atoms with van der Waals surface area (Å²) in [5.41, 5.74) is 9.21. The van der Waals surface area contributed by atoms with Crippen LogP contribution < -0.4 is 5.73 Å². The predicted molar refractivity (Wildman–Crippen MR) is 67.5 cm³/mol. The lowest BCUT2D eigenvalue weighted by Crippen LogP contribution is -2.10. The van der Waals surface area contributed by atoms with Crippen molar-refractivity contribution in [2.75, 3.05) is 6.54 Å². The van der Waals surface area contributed by atoms with Crippen LogP contribution in [0.3, 0.4) is 0 Å². The normalized spacial score (nSPS) is 11.2. The van der Waals surface area contributed by atoms with Crippen LogP contribution in [0.2, 0.25) is 0 Å². The van der Waals surface area contributed by atoms with Crippen LogP contribution in [0.4, 0.5) is 0 Å². The highest BCUT2D eigenvalue weighted by Crippen LogP contribution is 2.18. The van der Waals surface area contributed by atoms with Crippen LogP contribution in [-0.4, -0.2) is 16.1 Å². The molecule has 0 aliphatic carbocycles. The minimum atomic E-state index is 0.659. The molecule has 1 aromatic heterocycles. The van der Waals surface area contributed by atoms with Crippen molar-refractivity contribution in [1.29, 1.82) is 0 Å². The van der Waals surface area contributed by atoms with E-state index in [1.165, 1.54) is 11.1 Å². The summed E-state index contributed by atoms with van der Waals surface area (Å²) in [5, 5.41) is 0. The lowest BCUT2D eigenvalue weighted by atomic mass is 10.2. The molecule has 3 heteroatoms. The van der Waals surface area contributed by atoms with E-state index in [-0.39, 0.29) is 0 Å². The van der Waals surface area contributed by atoms with Gasteiger partial charge in [-0.05, 0) is 37.6 Å². The zero-order valence-electron chi connectivity index (χ0n) is 10.0. The quantitative estimate of drug-likeness (QED) is 0.853. The number of rotatable bonds is 4. The lowest BCUT2D eigenvalue weighted by Gasteiger charge is -2.06. The summed E-state index contributed by atoms with van der Waals surface area (Å²) in [6, 6.07) is 6.44. The van der Waals surface area contributed by atoms with E-state index < -0.39 is 0 Å². The molecule has 0 amide bonds. The number of fused-ring (bicyclic) bond motifs is 1. The largest absolute Gasteiger partial charge is 0.330 e. The van der Waals surface area contributed by atoms with Crippen molar-refractivity contribution in [3.8, 4) is 0 Å². The summed E-state index contributed by atoms with van der Waals surface area (Å²) in [6.45, 7) is 5.97. The molecule has 0 aliphatic rings. The van der Waals surface area contributed by atoms with Crippen molar-refractivity contribution in [3.63, 3.8) is 0 Å². The Kier molecular flexibility index (Phi) is 3.25. The first-order chi connectivity index (χ1) is 7.76.